The van der Waals surface area contributed by atoms with Crippen molar-refractivity contribution in [2.75, 3.05) is 19.6 Å². The molecule has 6 nitrogen and oxygen atoms in total. The highest BCUT2D eigenvalue weighted by Crippen LogP contribution is 2.09. The molecule has 1 aromatic heterocycles. The lowest BCUT2D eigenvalue weighted by atomic mass is 10.1. The molecule has 20 heavy (non-hydrogen) atoms. The number of nitrogens with zero attached hydrogens (tertiary/aromatic N) is 3. The van der Waals surface area contributed by atoms with Crippen LogP contribution >= 0.6 is 0 Å². The van der Waals surface area contributed by atoms with Gasteiger partial charge in [0.2, 0.25) is 0 Å². The second-order valence-corrected chi connectivity index (χ2v) is 5.53. The molecule has 1 aliphatic rings. The predicted octanol–water partition coefficient (Wildman–Crippen LogP) is -0.342. The van der Waals surface area contributed by atoms with Crippen molar-refractivity contribution in [2.24, 2.45) is 14.1 Å². The Bertz CT molecular complexity index is 576. The van der Waals surface area contributed by atoms with Gasteiger partial charge in [-0.05, 0) is 25.9 Å². The molecule has 1 fully saturated rings. The highest BCUT2D eigenvalue weighted by molar-refractivity contribution is 5.05. The summed E-state index contributed by atoms with van der Waals surface area (Å²) >= 11 is 0. The maximum absolute atomic E-state index is 12.0. The molecule has 1 aliphatic heterocycles. The lowest BCUT2D eigenvalue weighted by Crippen LogP contribution is -2.46. The van der Waals surface area contributed by atoms with Crippen LogP contribution in [-0.2, 0) is 20.6 Å². The standard InChI is InChI=1S/C14H24N4O2/c1-4-18-7-5-6-12(10-18)15-8-11-9-16(2)14(20)17(3)13(11)19/h9,12,15H,4-8,10H2,1-3H3. The first-order chi connectivity index (χ1) is 9.52. The van der Waals surface area contributed by atoms with E-state index >= 15 is 0 Å². The lowest BCUT2D eigenvalue weighted by Gasteiger charge is -2.32. The Hall–Kier alpha value is -1.40. The first kappa shape index (κ1) is 15.0. The van der Waals surface area contributed by atoms with Crippen molar-refractivity contribution in [1.82, 2.24) is 19.4 Å². The molecule has 112 valence electrons. The van der Waals surface area contributed by atoms with Gasteiger partial charge in [0.25, 0.3) is 5.56 Å². The van der Waals surface area contributed by atoms with E-state index in [0.717, 1.165) is 30.6 Å². The Morgan fingerprint density at radius 2 is 2.10 bits per heavy atom. The second kappa shape index (κ2) is 6.37. The number of aryl methyl sites for hydroxylation is 1. The number of hydrogen-bond acceptors (Lipinski definition) is 4. The molecule has 0 amide bonds. The van der Waals surface area contributed by atoms with Crippen LogP contribution in [0.4, 0.5) is 0 Å². The largest absolute Gasteiger partial charge is 0.330 e. The van der Waals surface area contributed by atoms with Crippen molar-refractivity contribution in [1.29, 1.82) is 0 Å². The summed E-state index contributed by atoms with van der Waals surface area (Å²) in [6.07, 6.45) is 3.97. The maximum Gasteiger partial charge on any atom is 0.330 e. The number of rotatable bonds is 4. The van der Waals surface area contributed by atoms with Crippen LogP contribution < -0.4 is 16.6 Å². The topological polar surface area (TPSA) is 59.3 Å². The fraction of sp³-hybridized carbons (Fsp3) is 0.714. The molecule has 0 bridgehead atoms. The average molecular weight is 280 g/mol. The maximum atomic E-state index is 12.0. The number of piperidine rings is 1. The lowest BCUT2D eigenvalue weighted by molar-refractivity contribution is 0.198. The van der Waals surface area contributed by atoms with E-state index in [1.54, 1.807) is 13.2 Å². The molecule has 0 spiro atoms. The Balaban J connectivity index is 2.04. The van der Waals surface area contributed by atoms with Gasteiger partial charge in [-0.15, -0.1) is 0 Å². The van der Waals surface area contributed by atoms with Gasteiger partial charge >= 0.3 is 5.69 Å². The number of likely N-dealkylation sites (N-methyl/N-ethyl adjacent to an activating group) is 1. The van der Waals surface area contributed by atoms with Crippen molar-refractivity contribution in [3.63, 3.8) is 0 Å². The zero-order valence-corrected chi connectivity index (χ0v) is 12.6. The zero-order valence-electron chi connectivity index (χ0n) is 12.6. The molecule has 1 unspecified atom stereocenters. The van der Waals surface area contributed by atoms with Gasteiger partial charge in [-0.2, -0.15) is 0 Å². The molecule has 0 aromatic carbocycles. The molecule has 2 rings (SSSR count). The Kier molecular flexibility index (Phi) is 4.77. The Morgan fingerprint density at radius 3 is 2.80 bits per heavy atom. The molecule has 0 saturated carbocycles. The van der Waals surface area contributed by atoms with Gasteiger partial charge in [-0.1, -0.05) is 6.92 Å². The highest BCUT2D eigenvalue weighted by Gasteiger charge is 2.18. The summed E-state index contributed by atoms with van der Waals surface area (Å²) in [7, 11) is 3.19. The zero-order chi connectivity index (χ0) is 14.7. The monoisotopic (exact) mass is 280 g/mol. The van der Waals surface area contributed by atoms with Crippen LogP contribution in [0.3, 0.4) is 0 Å². The third-order valence-corrected chi connectivity index (χ3v) is 4.05. The minimum atomic E-state index is -0.284. The van der Waals surface area contributed by atoms with E-state index < -0.39 is 0 Å². The fourth-order valence-corrected chi connectivity index (χ4v) is 2.77. The van der Waals surface area contributed by atoms with E-state index in [1.165, 1.54) is 18.0 Å². The van der Waals surface area contributed by atoms with Crippen LogP contribution in [0, 0.1) is 0 Å². The third-order valence-electron chi connectivity index (χ3n) is 4.05. The minimum absolute atomic E-state index is 0.205. The van der Waals surface area contributed by atoms with Crippen molar-refractivity contribution in [3.05, 3.63) is 32.6 Å². The van der Waals surface area contributed by atoms with E-state index in [1.807, 2.05) is 0 Å². The molecule has 1 N–H and O–H groups in total. The highest BCUT2D eigenvalue weighted by atomic mass is 16.2. The van der Waals surface area contributed by atoms with Crippen molar-refractivity contribution in [2.45, 2.75) is 32.4 Å². The normalized spacial score (nSPS) is 20.2. The average Bonchev–Trinajstić information content (AvgIpc) is 2.47. The van der Waals surface area contributed by atoms with Crippen LogP contribution in [0.5, 0.6) is 0 Å². The van der Waals surface area contributed by atoms with Gasteiger partial charge in [0.15, 0.2) is 0 Å². The van der Waals surface area contributed by atoms with Crippen molar-refractivity contribution >= 4 is 0 Å². The summed E-state index contributed by atoms with van der Waals surface area (Å²) in [5.74, 6) is 0. The van der Waals surface area contributed by atoms with Gasteiger partial charge in [-0.25, -0.2) is 4.79 Å². The molecular formula is C14H24N4O2. The van der Waals surface area contributed by atoms with E-state index in [4.69, 9.17) is 0 Å². The Labute approximate surface area is 119 Å². The van der Waals surface area contributed by atoms with Crippen LogP contribution in [0.1, 0.15) is 25.3 Å². The van der Waals surface area contributed by atoms with E-state index in [2.05, 4.69) is 17.1 Å². The molecule has 0 aliphatic carbocycles. The van der Waals surface area contributed by atoms with Crippen LogP contribution in [0.2, 0.25) is 0 Å². The van der Waals surface area contributed by atoms with Crippen LogP contribution in [0.25, 0.3) is 0 Å². The summed E-state index contributed by atoms with van der Waals surface area (Å²) < 4.78 is 2.62. The molecule has 1 atom stereocenters. The summed E-state index contributed by atoms with van der Waals surface area (Å²) in [4.78, 5) is 26.1. The summed E-state index contributed by atoms with van der Waals surface area (Å²) in [6, 6.07) is 0.422. The summed E-state index contributed by atoms with van der Waals surface area (Å²) in [5, 5.41) is 3.45. The van der Waals surface area contributed by atoms with E-state index in [-0.39, 0.29) is 11.2 Å². The van der Waals surface area contributed by atoms with Crippen LogP contribution in [-0.4, -0.2) is 39.7 Å². The summed E-state index contributed by atoms with van der Waals surface area (Å²) in [6.45, 7) is 5.95. The molecule has 2 heterocycles. The van der Waals surface area contributed by atoms with E-state index in [9.17, 15) is 9.59 Å². The van der Waals surface area contributed by atoms with E-state index in [0.29, 0.717) is 18.2 Å². The number of nitrogens with one attached hydrogen (secondary N) is 1. The smallest absolute Gasteiger partial charge is 0.308 e. The van der Waals surface area contributed by atoms with Gasteiger partial charge in [0.05, 0.1) is 0 Å². The predicted molar refractivity (Wildman–Crippen MR) is 78.9 cm³/mol. The number of hydrogen-bond donors (Lipinski definition) is 1. The molecule has 1 saturated heterocycles. The second-order valence-electron chi connectivity index (χ2n) is 5.53. The van der Waals surface area contributed by atoms with Gasteiger partial charge in [0.1, 0.15) is 0 Å². The minimum Gasteiger partial charge on any atom is -0.308 e. The van der Waals surface area contributed by atoms with Crippen molar-refractivity contribution < 1.29 is 0 Å². The molecule has 1 aromatic rings. The fourth-order valence-electron chi connectivity index (χ4n) is 2.77. The van der Waals surface area contributed by atoms with Gasteiger partial charge < -0.3 is 14.8 Å². The molecular weight excluding hydrogens is 256 g/mol. The number of likely N-dealkylation sites (tertiary alicyclic amines) is 1. The van der Waals surface area contributed by atoms with Gasteiger partial charge in [0, 0.05) is 45.0 Å². The van der Waals surface area contributed by atoms with Crippen molar-refractivity contribution in [3.8, 4) is 0 Å². The quantitative estimate of drug-likeness (QED) is 0.819. The Morgan fingerprint density at radius 1 is 1.35 bits per heavy atom. The van der Waals surface area contributed by atoms with Gasteiger partial charge in [-0.3, -0.25) is 9.36 Å². The summed E-state index contributed by atoms with van der Waals surface area (Å²) in [5.41, 5.74) is 0.153. The molecule has 6 heteroatoms. The molecule has 0 radical (unpaired) electrons. The first-order valence-electron chi connectivity index (χ1n) is 7.24. The number of aromatic nitrogens is 2. The first-order valence-corrected chi connectivity index (χ1v) is 7.24. The van der Waals surface area contributed by atoms with Crippen LogP contribution in [0.15, 0.2) is 15.8 Å². The third kappa shape index (κ3) is 3.19. The SMILES string of the molecule is CCN1CCCC(NCc2cn(C)c(=O)n(C)c2=O)C1.